The molecule has 0 aromatic heterocycles. The highest BCUT2D eigenvalue weighted by Gasteiger charge is 2.08. The highest BCUT2D eigenvalue weighted by molar-refractivity contribution is 6.04. The molecule has 3 rings (SSSR count). The monoisotopic (exact) mass is 378 g/mol. The first-order chi connectivity index (χ1) is 13.6. The molecule has 0 heterocycles. The molecule has 142 valence electrons. The molecule has 0 unspecified atom stereocenters. The smallest absolute Gasteiger partial charge is 0.258 e. The fourth-order valence-corrected chi connectivity index (χ4v) is 2.48. The van der Waals surface area contributed by atoms with E-state index in [1.165, 1.54) is 24.3 Å². The molecule has 0 spiro atoms. The van der Waals surface area contributed by atoms with E-state index in [0.29, 0.717) is 17.0 Å². The molecule has 0 saturated carbocycles. The summed E-state index contributed by atoms with van der Waals surface area (Å²) >= 11 is 0. The number of carbonyl (C=O) groups is 2. The maximum Gasteiger partial charge on any atom is 0.258 e. The van der Waals surface area contributed by atoms with Gasteiger partial charge < -0.3 is 15.4 Å². The molecule has 0 radical (unpaired) electrons. The Morgan fingerprint density at radius 3 is 2.39 bits per heavy atom. The van der Waals surface area contributed by atoms with E-state index in [4.69, 9.17) is 4.74 Å². The zero-order chi connectivity index (χ0) is 19.8. The van der Waals surface area contributed by atoms with Crippen LogP contribution in [0.5, 0.6) is 5.75 Å². The Kier molecular flexibility index (Phi) is 6.36. The Hall–Kier alpha value is -3.67. The number of hydrogen-bond acceptors (Lipinski definition) is 3. The fourth-order valence-electron chi connectivity index (χ4n) is 2.48. The Morgan fingerprint density at radius 1 is 0.893 bits per heavy atom. The molecule has 0 atom stereocenters. The molecule has 0 fully saturated rings. The van der Waals surface area contributed by atoms with Crippen LogP contribution in [-0.2, 0) is 11.3 Å². The Labute approximate surface area is 162 Å². The van der Waals surface area contributed by atoms with Gasteiger partial charge in [-0.15, -0.1) is 0 Å². The van der Waals surface area contributed by atoms with Crippen LogP contribution in [-0.4, -0.2) is 18.4 Å². The third kappa shape index (κ3) is 5.67. The van der Waals surface area contributed by atoms with E-state index in [2.05, 4.69) is 10.6 Å². The van der Waals surface area contributed by atoms with Gasteiger partial charge in [-0.1, -0.05) is 30.3 Å². The highest BCUT2D eigenvalue weighted by atomic mass is 19.1. The summed E-state index contributed by atoms with van der Waals surface area (Å²) in [5.74, 6) is -0.494. The van der Waals surface area contributed by atoms with Crippen LogP contribution in [0.4, 0.5) is 10.1 Å². The quantitative estimate of drug-likeness (QED) is 0.658. The third-order valence-corrected chi connectivity index (χ3v) is 3.89. The minimum atomic E-state index is -0.368. The van der Waals surface area contributed by atoms with Crippen molar-refractivity contribution in [2.45, 2.75) is 6.54 Å². The number of anilines is 1. The lowest BCUT2D eigenvalue weighted by atomic mass is 10.1. The van der Waals surface area contributed by atoms with Crippen molar-refractivity contribution in [1.29, 1.82) is 0 Å². The molecular weight excluding hydrogens is 359 g/mol. The van der Waals surface area contributed by atoms with E-state index >= 15 is 0 Å². The molecule has 3 aromatic carbocycles. The van der Waals surface area contributed by atoms with Crippen LogP contribution in [0.2, 0.25) is 0 Å². The van der Waals surface area contributed by atoms with Gasteiger partial charge in [0.2, 0.25) is 0 Å². The number of rotatable bonds is 7. The number of carbonyl (C=O) groups excluding carboxylic acids is 2. The van der Waals surface area contributed by atoms with Gasteiger partial charge in [-0.2, -0.15) is 0 Å². The van der Waals surface area contributed by atoms with E-state index in [1.807, 2.05) is 36.4 Å². The summed E-state index contributed by atoms with van der Waals surface area (Å²) in [6.07, 6.45) is 0. The number of nitrogens with one attached hydrogen (secondary N) is 2. The second kappa shape index (κ2) is 9.32. The summed E-state index contributed by atoms with van der Waals surface area (Å²) in [5.41, 5.74) is 2.00. The molecule has 0 saturated heterocycles. The molecule has 2 N–H and O–H groups in total. The van der Waals surface area contributed by atoms with Gasteiger partial charge in [0.05, 0.1) is 0 Å². The van der Waals surface area contributed by atoms with E-state index in [1.54, 1.807) is 18.2 Å². The van der Waals surface area contributed by atoms with Gasteiger partial charge in [-0.3, -0.25) is 9.59 Å². The SMILES string of the molecule is O=C(COc1ccc(F)cc1)NCc1cccc(C(=O)Nc2ccccc2)c1. The zero-order valence-electron chi connectivity index (χ0n) is 15.0. The average Bonchev–Trinajstić information content (AvgIpc) is 2.73. The van der Waals surface area contributed by atoms with Crippen LogP contribution in [0.3, 0.4) is 0 Å². The molecule has 0 aliphatic carbocycles. The van der Waals surface area contributed by atoms with E-state index in [0.717, 1.165) is 5.56 Å². The van der Waals surface area contributed by atoms with E-state index < -0.39 is 0 Å². The highest BCUT2D eigenvalue weighted by Crippen LogP contribution is 2.12. The fraction of sp³-hybridized carbons (Fsp3) is 0.0909. The number of halogens is 1. The van der Waals surface area contributed by atoms with Crippen molar-refractivity contribution in [3.63, 3.8) is 0 Å². The first-order valence-electron chi connectivity index (χ1n) is 8.70. The normalized spacial score (nSPS) is 10.2. The largest absolute Gasteiger partial charge is 0.484 e. The van der Waals surface area contributed by atoms with Gasteiger partial charge >= 0.3 is 0 Å². The van der Waals surface area contributed by atoms with Crippen LogP contribution in [0.15, 0.2) is 78.9 Å². The van der Waals surface area contributed by atoms with Gasteiger partial charge in [-0.25, -0.2) is 4.39 Å². The van der Waals surface area contributed by atoms with Gasteiger partial charge in [0.15, 0.2) is 6.61 Å². The second-order valence-corrected chi connectivity index (χ2v) is 6.04. The minimum Gasteiger partial charge on any atom is -0.484 e. The lowest BCUT2D eigenvalue weighted by molar-refractivity contribution is -0.123. The van der Waals surface area contributed by atoms with Crippen LogP contribution in [0.25, 0.3) is 0 Å². The van der Waals surface area contributed by atoms with Crippen LogP contribution < -0.4 is 15.4 Å². The molecule has 0 aliphatic rings. The predicted octanol–water partition coefficient (Wildman–Crippen LogP) is 3.77. The summed E-state index contributed by atoms with van der Waals surface area (Å²) < 4.78 is 18.1. The van der Waals surface area contributed by atoms with Crippen molar-refractivity contribution in [3.05, 3.63) is 95.8 Å². The van der Waals surface area contributed by atoms with Crippen LogP contribution in [0.1, 0.15) is 15.9 Å². The molecule has 28 heavy (non-hydrogen) atoms. The number of para-hydroxylation sites is 1. The summed E-state index contributed by atoms with van der Waals surface area (Å²) in [6.45, 7) is 0.0812. The molecular formula is C22H19FN2O3. The molecule has 2 amide bonds. The Morgan fingerprint density at radius 2 is 1.64 bits per heavy atom. The van der Waals surface area contributed by atoms with Crippen molar-refractivity contribution in [2.75, 3.05) is 11.9 Å². The summed E-state index contributed by atoms with van der Waals surface area (Å²) in [5, 5.41) is 5.55. The standard InChI is InChI=1S/C22H19FN2O3/c23-18-9-11-20(12-10-18)28-15-21(26)24-14-16-5-4-6-17(13-16)22(27)25-19-7-2-1-3-8-19/h1-13H,14-15H2,(H,24,26)(H,25,27). The number of benzene rings is 3. The van der Waals surface area contributed by atoms with Gasteiger partial charge in [0.1, 0.15) is 11.6 Å². The maximum atomic E-state index is 12.8. The number of hydrogen-bond donors (Lipinski definition) is 2. The van der Waals surface area contributed by atoms with Crippen molar-refractivity contribution < 1.29 is 18.7 Å². The molecule has 3 aromatic rings. The minimum absolute atomic E-state index is 0.181. The molecule has 0 bridgehead atoms. The summed E-state index contributed by atoms with van der Waals surface area (Å²) in [6, 6.07) is 21.6. The number of amides is 2. The lowest BCUT2D eigenvalue weighted by Gasteiger charge is -2.09. The van der Waals surface area contributed by atoms with E-state index in [9.17, 15) is 14.0 Å². The Balaban J connectivity index is 1.50. The van der Waals surface area contributed by atoms with Crippen LogP contribution >= 0.6 is 0 Å². The van der Waals surface area contributed by atoms with Crippen LogP contribution in [0, 0.1) is 5.82 Å². The summed E-state index contributed by atoms with van der Waals surface area (Å²) in [4.78, 5) is 24.3. The van der Waals surface area contributed by atoms with Crippen molar-refractivity contribution >= 4 is 17.5 Å². The van der Waals surface area contributed by atoms with Gasteiger partial charge in [0, 0.05) is 17.8 Å². The average molecular weight is 378 g/mol. The zero-order valence-corrected chi connectivity index (χ0v) is 15.0. The first kappa shape index (κ1) is 19.1. The van der Waals surface area contributed by atoms with Gasteiger partial charge in [0.25, 0.3) is 11.8 Å². The topological polar surface area (TPSA) is 67.4 Å². The van der Waals surface area contributed by atoms with E-state index in [-0.39, 0.29) is 30.8 Å². The summed E-state index contributed by atoms with van der Waals surface area (Å²) in [7, 11) is 0. The molecule has 0 aliphatic heterocycles. The molecule has 5 nitrogen and oxygen atoms in total. The maximum absolute atomic E-state index is 12.8. The number of ether oxygens (including phenoxy) is 1. The predicted molar refractivity (Wildman–Crippen MR) is 105 cm³/mol. The second-order valence-electron chi connectivity index (χ2n) is 6.04. The Bertz CT molecular complexity index is 944. The lowest BCUT2D eigenvalue weighted by Crippen LogP contribution is -2.28. The molecule has 6 heteroatoms. The van der Waals surface area contributed by atoms with Gasteiger partial charge in [-0.05, 0) is 54.1 Å². The first-order valence-corrected chi connectivity index (χ1v) is 8.70. The third-order valence-electron chi connectivity index (χ3n) is 3.89. The van der Waals surface area contributed by atoms with Crippen molar-refractivity contribution in [2.24, 2.45) is 0 Å². The van der Waals surface area contributed by atoms with Crippen molar-refractivity contribution in [1.82, 2.24) is 5.32 Å². The van der Waals surface area contributed by atoms with Crippen molar-refractivity contribution in [3.8, 4) is 5.75 Å².